The lowest BCUT2D eigenvalue weighted by molar-refractivity contribution is -0.141. The molecule has 0 aliphatic rings. The first-order chi connectivity index (χ1) is 9.29. The third-order valence-electron chi connectivity index (χ3n) is 2.40. The predicted molar refractivity (Wildman–Crippen MR) is 74.5 cm³/mol. The molecule has 0 saturated heterocycles. The molecule has 1 rings (SSSR count). The van der Waals surface area contributed by atoms with Crippen molar-refractivity contribution in [3.05, 3.63) is 11.1 Å². The third kappa shape index (κ3) is 4.96. The molecule has 0 aliphatic heterocycles. The van der Waals surface area contributed by atoms with Gasteiger partial charge in [-0.3, -0.25) is 14.4 Å². The zero-order valence-electron chi connectivity index (χ0n) is 11.5. The molecule has 0 radical (unpaired) electrons. The molecule has 7 nitrogen and oxygen atoms in total. The Kier molecular flexibility index (Phi) is 5.63. The Labute approximate surface area is 120 Å². The number of aromatic nitrogens is 1. The van der Waals surface area contributed by atoms with E-state index in [2.05, 4.69) is 15.6 Å². The normalized spacial score (nSPS) is 12.0. The minimum Gasteiger partial charge on any atom is -0.480 e. The number of carbonyl (C=O) groups excluding carboxylic acids is 2. The number of nitrogens with zero attached hydrogens (tertiary/aromatic N) is 1. The van der Waals surface area contributed by atoms with Gasteiger partial charge in [0.15, 0.2) is 5.13 Å². The highest BCUT2D eigenvalue weighted by molar-refractivity contribution is 7.13. The van der Waals surface area contributed by atoms with Crippen LogP contribution in [-0.2, 0) is 20.8 Å². The highest BCUT2D eigenvalue weighted by atomic mass is 32.1. The molecule has 1 atom stereocenters. The first kappa shape index (κ1) is 16.1. The smallest absolute Gasteiger partial charge is 0.325 e. The van der Waals surface area contributed by atoms with Crippen molar-refractivity contribution in [3.63, 3.8) is 0 Å². The maximum absolute atomic E-state index is 11.6. The molecule has 0 saturated carbocycles. The van der Waals surface area contributed by atoms with Crippen LogP contribution in [0.15, 0.2) is 5.38 Å². The molecule has 0 fully saturated rings. The second-order valence-electron chi connectivity index (χ2n) is 4.59. The summed E-state index contributed by atoms with van der Waals surface area (Å²) in [6.45, 7) is 4.92. The number of carboxylic acids is 1. The summed E-state index contributed by atoms with van der Waals surface area (Å²) in [7, 11) is 0. The molecule has 0 aliphatic carbocycles. The van der Waals surface area contributed by atoms with Crippen molar-refractivity contribution in [3.8, 4) is 0 Å². The highest BCUT2D eigenvalue weighted by Crippen LogP contribution is 2.16. The number of hydrogen-bond donors (Lipinski definition) is 3. The zero-order valence-corrected chi connectivity index (χ0v) is 12.3. The first-order valence-corrected chi connectivity index (χ1v) is 6.95. The Balaban J connectivity index is 2.54. The van der Waals surface area contributed by atoms with E-state index >= 15 is 0 Å². The summed E-state index contributed by atoms with van der Waals surface area (Å²) in [4.78, 5) is 37.7. The number of anilines is 1. The van der Waals surface area contributed by atoms with Crippen LogP contribution in [0.3, 0.4) is 0 Å². The molecule has 8 heteroatoms. The molecule has 1 aromatic rings. The molecule has 0 bridgehead atoms. The molecule has 110 valence electrons. The Bertz CT molecular complexity index is 513. The van der Waals surface area contributed by atoms with Crippen molar-refractivity contribution in [2.75, 3.05) is 5.32 Å². The zero-order chi connectivity index (χ0) is 15.3. The van der Waals surface area contributed by atoms with Gasteiger partial charge in [0.2, 0.25) is 11.8 Å². The monoisotopic (exact) mass is 299 g/mol. The Morgan fingerprint density at radius 1 is 1.35 bits per heavy atom. The standard InChI is InChI=1S/C12H17N3O4S/c1-6(2)10(17)15-12-14-8(5-20-12)4-9(16)13-7(3)11(18)19/h5-7H,4H2,1-3H3,(H,13,16)(H,18,19)(H,14,15,17)/t7-/m1/s1. The fraction of sp³-hybridized carbons (Fsp3) is 0.500. The minimum absolute atomic E-state index is 0.0222. The largest absolute Gasteiger partial charge is 0.480 e. The number of thiazole rings is 1. The van der Waals surface area contributed by atoms with Crippen molar-refractivity contribution < 1.29 is 19.5 Å². The van der Waals surface area contributed by atoms with Crippen LogP contribution in [-0.4, -0.2) is 33.9 Å². The van der Waals surface area contributed by atoms with Crippen molar-refractivity contribution >= 4 is 34.3 Å². The Morgan fingerprint density at radius 2 is 2.00 bits per heavy atom. The van der Waals surface area contributed by atoms with Gasteiger partial charge in [0, 0.05) is 11.3 Å². The second kappa shape index (κ2) is 6.99. The van der Waals surface area contributed by atoms with E-state index in [1.165, 1.54) is 18.3 Å². The number of amides is 2. The van der Waals surface area contributed by atoms with Crippen molar-refractivity contribution in [2.24, 2.45) is 5.92 Å². The summed E-state index contributed by atoms with van der Waals surface area (Å²) in [6.07, 6.45) is -0.0222. The maximum Gasteiger partial charge on any atom is 0.325 e. The lowest BCUT2D eigenvalue weighted by atomic mass is 10.2. The van der Waals surface area contributed by atoms with Gasteiger partial charge in [-0.05, 0) is 6.92 Å². The second-order valence-corrected chi connectivity index (χ2v) is 5.45. The van der Waals surface area contributed by atoms with E-state index < -0.39 is 17.9 Å². The van der Waals surface area contributed by atoms with Crippen LogP contribution in [0.5, 0.6) is 0 Å². The van der Waals surface area contributed by atoms with Crippen LogP contribution in [0.1, 0.15) is 26.5 Å². The number of carbonyl (C=O) groups is 3. The molecule has 3 N–H and O–H groups in total. The topological polar surface area (TPSA) is 108 Å². The molecule has 0 spiro atoms. The van der Waals surface area contributed by atoms with Crippen molar-refractivity contribution in [2.45, 2.75) is 33.2 Å². The molecule has 20 heavy (non-hydrogen) atoms. The fourth-order valence-corrected chi connectivity index (χ4v) is 1.93. The van der Waals surface area contributed by atoms with Gasteiger partial charge < -0.3 is 15.7 Å². The average Bonchev–Trinajstić information content (AvgIpc) is 2.75. The van der Waals surface area contributed by atoms with Gasteiger partial charge in [0.25, 0.3) is 0 Å². The van der Waals surface area contributed by atoms with E-state index in [-0.39, 0.29) is 18.2 Å². The number of nitrogens with one attached hydrogen (secondary N) is 2. The van der Waals surface area contributed by atoms with Gasteiger partial charge in [-0.2, -0.15) is 0 Å². The van der Waals surface area contributed by atoms with E-state index in [0.29, 0.717) is 10.8 Å². The van der Waals surface area contributed by atoms with Gasteiger partial charge in [0.05, 0.1) is 12.1 Å². The predicted octanol–water partition coefficient (Wildman–Crippen LogP) is 0.869. The average molecular weight is 299 g/mol. The van der Waals surface area contributed by atoms with E-state index in [1.807, 2.05) is 0 Å². The van der Waals surface area contributed by atoms with E-state index in [0.717, 1.165) is 0 Å². The van der Waals surface area contributed by atoms with Gasteiger partial charge in [-0.15, -0.1) is 11.3 Å². The van der Waals surface area contributed by atoms with Gasteiger partial charge in [-0.25, -0.2) is 4.98 Å². The van der Waals surface area contributed by atoms with Crippen LogP contribution in [0.25, 0.3) is 0 Å². The number of rotatable bonds is 6. The number of carboxylic acid groups (broad SMARTS) is 1. The highest BCUT2D eigenvalue weighted by Gasteiger charge is 2.16. The molecule has 0 unspecified atom stereocenters. The molecular formula is C12H17N3O4S. The summed E-state index contributed by atoms with van der Waals surface area (Å²) in [6, 6.07) is -0.943. The quantitative estimate of drug-likeness (QED) is 0.722. The van der Waals surface area contributed by atoms with Crippen LogP contribution in [0.2, 0.25) is 0 Å². The van der Waals surface area contributed by atoms with E-state index in [1.54, 1.807) is 19.2 Å². The summed E-state index contributed by atoms with van der Waals surface area (Å²) in [5.74, 6) is -1.81. The Morgan fingerprint density at radius 3 is 2.55 bits per heavy atom. The third-order valence-corrected chi connectivity index (χ3v) is 3.20. The summed E-state index contributed by atoms with van der Waals surface area (Å²) in [5.41, 5.74) is 0.490. The van der Waals surface area contributed by atoms with Crippen molar-refractivity contribution in [1.29, 1.82) is 0 Å². The molecular weight excluding hydrogens is 282 g/mol. The maximum atomic E-state index is 11.6. The van der Waals surface area contributed by atoms with Crippen LogP contribution in [0, 0.1) is 5.92 Å². The summed E-state index contributed by atoms with van der Waals surface area (Å²) < 4.78 is 0. The Hall–Kier alpha value is -1.96. The fourth-order valence-electron chi connectivity index (χ4n) is 1.21. The molecule has 1 heterocycles. The number of hydrogen-bond acceptors (Lipinski definition) is 5. The SMILES string of the molecule is CC(C)C(=O)Nc1nc(CC(=O)N[C@H](C)C(=O)O)cs1. The van der Waals surface area contributed by atoms with Crippen LogP contribution in [0.4, 0.5) is 5.13 Å². The lowest BCUT2D eigenvalue weighted by Crippen LogP contribution is -2.39. The lowest BCUT2D eigenvalue weighted by Gasteiger charge is -2.07. The summed E-state index contributed by atoms with van der Waals surface area (Å²) >= 11 is 1.22. The van der Waals surface area contributed by atoms with Crippen molar-refractivity contribution in [1.82, 2.24) is 10.3 Å². The van der Waals surface area contributed by atoms with Gasteiger partial charge in [-0.1, -0.05) is 13.8 Å². The number of aliphatic carboxylic acids is 1. The minimum atomic E-state index is -1.10. The van der Waals surface area contributed by atoms with Gasteiger partial charge >= 0.3 is 5.97 Å². The van der Waals surface area contributed by atoms with Crippen LogP contribution < -0.4 is 10.6 Å². The van der Waals surface area contributed by atoms with E-state index in [4.69, 9.17) is 5.11 Å². The van der Waals surface area contributed by atoms with E-state index in [9.17, 15) is 14.4 Å². The van der Waals surface area contributed by atoms with Crippen LogP contribution >= 0.6 is 11.3 Å². The first-order valence-electron chi connectivity index (χ1n) is 6.07. The molecule has 2 amide bonds. The molecule has 1 aromatic heterocycles. The van der Waals surface area contributed by atoms with Gasteiger partial charge in [0.1, 0.15) is 6.04 Å². The molecule has 0 aromatic carbocycles. The summed E-state index contributed by atoms with van der Waals surface area (Å²) in [5, 5.41) is 15.7.